The van der Waals surface area contributed by atoms with E-state index in [1.807, 2.05) is 0 Å². The zero-order valence-electron chi connectivity index (χ0n) is 13.0. The Hall–Kier alpha value is -2.61. The van der Waals surface area contributed by atoms with E-state index in [0.29, 0.717) is 5.56 Å². The molecule has 0 saturated heterocycles. The fourth-order valence-electron chi connectivity index (χ4n) is 2.41. The van der Waals surface area contributed by atoms with E-state index in [9.17, 15) is 4.39 Å². The average molecular weight is 337 g/mol. The molecular weight excluding hydrogens is 319 g/mol. The lowest BCUT2D eigenvalue weighted by molar-refractivity contribution is -0.0443. The molecule has 0 saturated carbocycles. The Morgan fingerprint density at radius 2 is 2.08 bits per heavy atom. The highest BCUT2D eigenvalue weighted by molar-refractivity contribution is 5.53. The molecule has 0 aliphatic rings. The maximum absolute atomic E-state index is 15.0. The normalized spacial score (nSPS) is 13.2. The van der Waals surface area contributed by atoms with Crippen LogP contribution in [-0.2, 0) is 5.92 Å². The standard InChI is InChI=1S/C16H18F3N5/c1-11-5-6-12(14(17)8-11)13(9-24(21)10-23-20)16(18,19)15-4-2-3-7-22-15/h2-8,10,13H,9,20-21H2,1H3/b23-10-. The van der Waals surface area contributed by atoms with Crippen molar-refractivity contribution in [3.8, 4) is 0 Å². The number of nitrogens with two attached hydrogens (primary N) is 2. The maximum Gasteiger partial charge on any atom is 0.298 e. The van der Waals surface area contributed by atoms with Gasteiger partial charge in [0.1, 0.15) is 17.8 Å². The predicted molar refractivity (Wildman–Crippen MR) is 85.6 cm³/mol. The molecule has 0 aliphatic heterocycles. The summed E-state index contributed by atoms with van der Waals surface area (Å²) in [5, 5.41) is 4.09. The predicted octanol–water partition coefficient (Wildman–Crippen LogP) is 2.48. The van der Waals surface area contributed by atoms with Gasteiger partial charge >= 0.3 is 0 Å². The summed E-state index contributed by atoms with van der Waals surface area (Å²) >= 11 is 0. The van der Waals surface area contributed by atoms with Crippen molar-refractivity contribution in [3.05, 3.63) is 65.2 Å². The number of aromatic nitrogens is 1. The van der Waals surface area contributed by atoms with Gasteiger partial charge in [-0.05, 0) is 36.2 Å². The van der Waals surface area contributed by atoms with Crippen molar-refractivity contribution in [1.29, 1.82) is 0 Å². The molecule has 1 atom stereocenters. The molecule has 1 unspecified atom stereocenters. The smallest absolute Gasteiger partial charge is 0.298 e. The van der Waals surface area contributed by atoms with E-state index in [-0.39, 0.29) is 5.56 Å². The third kappa shape index (κ3) is 3.83. The Labute approximate surface area is 137 Å². The number of rotatable bonds is 6. The Morgan fingerprint density at radius 1 is 1.33 bits per heavy atom. The highest BCUT2D eigenvalue weighted by Gasteiger charge is 2.45. The first-order valence-corrected chi connectivity index (χ1v) is 7.16. The second-order valence-corrected chi connectivity index (χ2v) is 5.38. The molecule has 0 amide bonds. The highest BCUT2D eigenvalue weighted by Crippen LogP contribution is 2.42. The molecule has 0 fully saturated rings. The number of halogens is 3. The number of hydrogen-bond acceptors (Lipinski definition) is 4. The first-order valence-electron chi connectivity index (χ1n) is 7.16. The zero-order chi connectivity index (χ0) is 17.7. The first-order chi connectivity index (χ1) is 11.4. The van der Waals surface area contributed by atoms with Gasteiger partial charge in [0.15, 0.2) is 0 Å². The van der Waals surface area contributed by atoms with Crippen molar-refractivity contribution in [3.63, 3.8) is 0 Å². The molecule has 2 aromatic rings. The Bertz CT molecular complexity index is 706. The number of benzene rings is 1. The van der Waals surface area contributed by atoms with E-state index >= 15 is 8.78 Å². The summed E-state index contributed by atoms with van der Waals surface area (Å²) in [7, 11) is 0. The highest BCUT2D eigenvalue weighted by atomic mass is 19.3. The van der Waals surface area contributed by atoms with Gasteiger partial charge < -0.3 is 5.84 Å². The van der Waals surface area contributed by atoms with Gasteiger partial charge in [0, 0.05) is 12.7 Å². The second kappa shape index (κ2) is 7.31. The minimum absolute atomic E-state index is 0.155. The summed E-state index contributed by atoms with van der Waals surface area (Å²) in [4.78, 5) is 3.71. The van der Waals surface area contributed by atoms with Crippen molar-refractivity contribution < 1.29 is 13.2 Å². The van der Waals surface area contributed by atoms with Gasteiger partial charge in [-0.25, -0.2) is 10.2 Å². The van der Waals surface area contributed by atoms with Crippen LogP contribution >= 0.6 is 0 Å². The van der Waals surface area contributed by atoms with Gasteiger partial charge in [-0.15, -0.1) is 0 Å². The third-order valence-corrected chi connectivity index (χ3v) is 3.58. The van der Waals surface area contributed by atoms with Gasteiger partial charge in [-0.1, -0.05) is 18.2 Å². The van der Waals surface area contributed by atoms with Crippen LogP contribution in [0.4, 0.5) is 13.2 Å². The number of nitrogens with zero attached hydrogens (tertiary/aromatic N) is 3. The molecule has 24 heavy (non-hydrogen) atoms. The van der Waals surface area contributed by atoms with Gasteiger partial charge in [-0.3, -0.25) is 9.99 Å². The Kier molecular flexibility index (Phi) is 5.40. The minimum Gasteiger partial charge on any atom is -0.322 e. The number of hydrazone groups is 1. The van der Waals surface area contributed by atoms with E-state index in [4.69, 9.17) is 11.7 Å². The molecule has 4 N–H and O–H groups in total. The molecule has 0 radical (unpaired) electrons. The van der Waals surface area contributed by atoms with Crippen LogP contribution in [0.5, 0.6) is 0 Å². The van der Waals surface area contributed by atoms with Gasteiger partial charge in [0.2, 0.25) is 0 Å². The van der Waals surface area contributed by atoms with E-state index in [1.54, 1.807) is 13.0 Å². The summed E-state index contributed by atoms with van der Waals surface area (Å²) in [5.41, 5.74) is 0.00876. The minimum atomic E-state index is -3.45. The molecule has 0 bridgehead atoms. The van der Waals surface area contributed by atoms with Gasteiger partial charge in [0.05, 0.1) is 5.92 Å². The molecule has 0 aliphatic carbocycles. The molecule has 128 valence electrons. The fraction of sp³-hybridized carbons (Fsp3) is 0.250. The van der Waals surface area contributed by atoms with E-state index < -0.39 is 29.9 Å². The molecule has 0 spiro atoms. The maximum atomic E-state index is 15.0. The van der Waals surface area contributed by atoms with Crippen molar-refractivity contribution in [2.45, 2.75) is 18.8 Å². The van der Waals surface area contributed by atoms with Crippen molar-refractivity contribution in [2.24, 2.45) is 16.8 Å². The largest absolute Gasteiger partial charge is 0.322 e. The molecule has 2 rings (SSSR count). The van der Waals surface area contributed by atoms with Crippen LogP contribution in [0, 0.1) is 12.7 Å². The van der Waals surface area contributed by atoms with Gasteiger partial charge in [-0.2, -0.15) is 13.9 Å². The molecular formula is C16H18F3N5. The van der Waals surface area contributed by atoms with Gasteiger partial charge in [0.25, 0.3) is 5.92 Å². The molecule has 1 aromatic carbocycles. The molecule has 1 heterocycles. The second-order valence-electron chi connectivity index (χ2n) is 5.38. The average Bonchev–Trinajstić information content (AvgIpc) is 2.54. The van der Waals surface area contributed by atoms with Crippen LogP contribution in [0.15, 0.2) is 47.7 Å². The summed E-state index contributed by atoms with van der Waals surface area (Å²) in [6.07, 6.45) is 2.25. The molecule has 5 nitrogen and oxygen atoms in total. The van der Waals surface area contributed by atoms with Crippen LogP contribution < -0.4 is 11.7 Å². The van der Waals surface area contributed by atoms with Crippen LogP contribution in [0.1, 0.15) is 22.7 Å². The summed E-state index contributed by atoms with van der Waals surface area (Å²) in [6.45, 7) is 1.28. The van der Waals surface area contributed by atoms with Crippen molar-refractivity contribution in [1.82, 2.24) is 9.99 Å². The number of hydrazine groups is 1. The van der Waals surface area contributed by atoms with Crippen molar-refractivity contribution in [2.75, 3.05) is 6.54 Å². The summed E-state index contributed by atoms with van der Waals surface area (Å²) < 4.78 is 44.3. The van der Waals surface area contributed by atoms with Crippen LogP contribution in [0.25, 0.3) is 0 Å². The number of pyridine rings is 1. The zero-order valence-corrected chi connectivity index (χ0v) is 13.0. The summed E-state index contributed by atoms with van der Waals surface area (Å²) in [5.74, 6) is 4.84. The van der Waals surface area contributed by atoms with Crippen molar-refractivity contribution >= 4 is 6.34 Å². The number of hydrogen-bond donors (Lipinski definition) is 2. The Balaban J connectivity index is 2.50. The van der Waals surface area contributed by atoms with E-state index in [1.165, 1.54) is 36.5 Å². The number of alkyl halides is 2. The lowest BCUT2D eigenvalue weighted by Crippen LogP contribution is -2.40. The van der Waals surface area contributed by atoms with Crippen LogP contribution in [0.3, 0.4) is 0 Å². The lowest BCUT2D eigenvalue weighted by atomic mass is 9.89. The summed E-state index contributed by atoms with van der Waals surface area (Å²) in [6, 6.07) is 8.26. The first kappa shape index (κ1) is 17.7. The SMILES string of the molecule is Cc1ccc(C(CN(N)/C=N\N)C(F)(F)c2ccccn2)c(F)c1. The van der Waals surface area contributed by atoms with E-state index in [2.05, 4.69) is 10.1 Å². The third-order valence-electron chi connectivity index (χ3n) is 3.58. The lowest BCUT2D eigenvalue weighted by Gasteiger charge is -2.29. The fourth-order valence-corrected chi connectivity index (χ4v) is 2.41. The topological polar surface area (TPSA) is 80.5 Å². The molecule has 8 heteroatoms. The number of aryl methyl sites for hydroxylation is 1. The van der Waals surface area contributed by atoms with Crippen LogP contribution in [0.2, 0.25) is 0 Å². The van der Waals surface area contributed by atoms with E-state index in [0.717, 1.165) is 11.3 Å². The van der Waals surface area contributed by atoms with Crippen LogP contribution in [-0.4, -0.2) is 22.9 Å². The monoisotopic (exact) mass is 337 g/mol. The quantitative estimate of drug-likeness (QED) is 0.367. The molecule has 1 aromatic heterocycles. The Morgan fingerprint density at radius 3 is 2.67 bits per heavy atom.